The van der Waals surface area contributed by atoms with Crippen LogP contribution in [0.1, 0.15) is 0 Å². The number of benzene rings is 1. The summed E-state index contributed by atoms with van der Waals surface area (Å²) in [7, 11) is 5.68. The van der Waals surface area contributed by atoms with Crippen molar-refractivity contribution in [3.05, 3.63) is 18.2 Å². The number of nitrogens with one attached hydrogen (secondary N) is 1. The maximum atomic E-state index is 5.89. The molecule has 0 fully saturated rings. The fraction of sp³-hybridized carbons (Fsp3) is 0.538. The summed E-state index contributed by atoms with van der Waals surface area (Å²) >= 11 is 0. The molecule has 0 atom stereocenters. The second-order valence-electron chi connectivity index (χ2n) is 4.30. The van der Waals surface area contributed by atoms with Crippen molar-refractivity contribution in [2.75, 3.05) is 58.6 Å². The van der Waals surface area contributed by atoms with E-state index in [-0.39, 0.29) is 0 Å². The van der Waals surface area contributed by atoms with Crippen LogP contribution < -0.4 is 15.8 Å². The summed E-state index contributed by atoms with van der Waals surface area (Å²) in [5.74, 6) is 0.764. The Labute approximate surface area is 109 Å². The van der Waals surface area contributed by atoms with E-state index in [0.29, 0.717) is 12.3 Å². The third-order valence-electron chi connectivity index (χ3n) is 2.50. The Bertz CT molecular complexity index is 356. The molecule has 0 aromatic heterocycles. The van der Waals surface area contributed by atoms with Crippen molar-refractivity contribution in [1.29, 1.82) is 0 Å². The minimum Gasteiger partial charge on any atom is -0.497 e. The summed E-state index contributed by atoms with van der Waals surface area (Å²) in [4.78, 5) is 2.09. The number of methoxy groups -OCH3 is 1. The number of likely N-dealkylation sites (N-methyl/N-ethyl adjacent to an activating group) is 1. The molecule has 0 unspecified atom stereocenters. The molecule has 0 radical (unpaired) electrons. The monoisotopic (exact) mass is 253 g/mol. The van der Waals surface area contributed by atoms with Crippen LogP contribution in [-0.2, 0) is 4.74 Å². The summed E-state index contributed by atoms with van der Waals surface area (Å²) in [6.45, 7) is 3.08. The molecule has 5 nitrogen and oxygen atoms in total. The summed E-state index contributed by atoms with van der Waals surface area (Å²) in [5, 5.41) is 3.23. The molecule has 102 valence electrons. The van der Waals surface area contributed by atoms with E-state index in [2.05, 4.69) is 10.2 Å². The highest BCUT2D eigenvalue weighted by atomic mass is 16.5. The Kier molecular flexibility index (Phi) is 6.32. The van der Waals surface area contributed by atoms with Crippen molar-refractivity contribution in [3.8, 4) is 5.75 Å². The zero-order chi connectivity index (χ0) is 13.4. The van der Waals surface area contributed by atoms with E-state index >= 15 is 0 Å². The molecule has 0 saturated carbocycles. The molecule has 0 aliphatic heterocycles. The number of nitrogen functional groups attached to an aromatic ring is 1. The number of nitrogens with two attached hydrogens (primary N) is 1. The molecule has 1 aromatic carbocycles. The third kappa shape index (κ3) is 5.25. The van der Waals surface area contributed by atoms with Gasteiger partial charge in [-0.15, -0.1) is 0 Å². The van der Waals surface area contributed by atoms with Gasteiger partial charge < -0.3 is 25.4 Å². The lowest BCUT2D eigenvalue weighted by Gasteiger charge is -2.12. The minimum atomic E-state index is 0.666. The lowest BCUT2D eigenvalue weighted by molar-refractivity contribution is 0.126. The highest BCUT2D eigenvalue weighted by molar-refractivity contribution is 5.68. The van der Waals surface area contributed by atoms with Gasteiger partial charge in [0.2, 0.25) is 0 Å². The van der Waals surface area contributed by atoms with Crippen LogP contribution in [0.25, 0.3) is 0 Å². The number of ether oxygens (including phenoxy) is 2. The standard InChI is InChI=1S/C13H23N3O2/c1-16(2)7-9-18-8-6-15-13-5-4-11(17-3)10-12(13)14/h4-5,10,15H,6-9,14H2,1-3H3. The highest BCUT2D eigenvalue weighted by Crippen LogP contribution is 2.23. The molecule has 18 heavy (non-hydrogen) atoms. The molecular weight excluding hydrogens is 230 g/mol. The predicted octanol–water partition coefficient (Wildman–Crippen LogP) is 1.27. The first kappa shape index (κ1) is 14.6. The van der Waals surface area contributed by atoms with E-state index in [1.165, 1.54) is 0 Å². The summed E-state index contributed by atoms with van der Waals surface area (Å²) in [5.41, 5.74) is 7.48. The van der Waals surface area contributed by atoms with Crippen LogP contribution >= 0.6 is 0 Å². The van der Waals surface area contributed by atoms with Crippen molar-refractivity contribution in [2.45, 2.75) is 0 Å². The van der Waals surface area contributed by atoms with Crippen LogP contribution in [0.5, 0.6) is 5.75 Å². The van der Waals surface area contributed by atoms with E-state index in [0.717, 1.165) is 31.1 Å². The molecule has 0 saturated heterocycles. The maximum Gasteiger partial charge on any atom is 0.121 e. The first-order chi connectivity index (χ1) is 8.63. The van der Waals surface area contributed by atoms with Gasteiger partial charge >= 0.3 is 0 Å². The first-order valence-electron chi connectivity index (χ1n) is 6.03. The average molecular weight is 253 g/mol. The van der Waals surface area contributed by atoms with Gasteiger partial charge in [0.1, 0.15) is 5.75 Å². The number of anilines is 2. The molecule has 0 spiro atoms. The van der Waals surface area contributed by atoms with Crippen LogP contribution in [0.2, 0.25) is 0 Å². The predicted molar refractivity (Wildman–Crippen MR) is 75.3 cm³/mol. The van der Waals surface area contributed by atoms with Crippen LogP contribution in [0.15, 0.2) is 18.2 Å². The topological polar surface area (TPSA) is 59.8 Å². The zero-order valence-corrected chi connectivity index (χ0v) is 11.4. The first-order valence-corrected chi connectivity index (χ1v) is 6.03. The average Bonchev–Trinajstić information content (AvgIpc) is 2.34. The number of hydrogen-bond acceptors (Lipinski definition) is 5. The number of rotatable bonds is 8. The van der Waals surface area contributed by atoms with Gasteiger partial charge in [0, 0.05) is 19.2 Å². The molecule has 0 aliphatic rings. The molecule has 0 bridgehead atoms. The number of nitrogens with zero attached hydrogens (tertiary/aromatic N) is 1. The van der Waals surface area contributed by atoms with Crippen molar-refractivity contribution in [3.63, 3.8) is 0 Å². The van der Waals surface area contributed by atoms with Crippen molar-refractivity contribution < 1.29 is 9.47 Å². The summed E-state index contributed by atoms with van der Waals surface area (Å²) < 4.78 is 10.6. The summed E-state index contributed by atoms with van der Waals surface area (Å²) in [6, 6.07) is 5.59. The third-order valence-corrected chi connectivity index (χ3v) is 2.50. The van der Waals surface area contributed by atoms with Gasteiger partial charge in [0.25, 0.3) is 0 Å². The van der Waals surface area contributed by atoms with Crippen molar-refractivity contribution >= 4 is 11.4 Å². The molecule has 0 aliphatic carbocycles. The Hall–Kier alpha value is -1.46. The fourth-order valence-electron chi connectivity index (χ4n) is 1.44. The Morgan fingerprint density at radius 2 is 2.06 bits per heavy atom. The largest absolute Gasteiger partial charge is 0.497 e. The molecule has 0 heterocycles. The van der Waals surface area contributed by atoms with Crippen molar-refractivity contribution in [1.82, 2.24) is 4.90 Å². The lowest BCUT2D eigenvalue weighted by Crippen LogP contribution is -2.20. The summed E-state index contributed by atoms with van der Waals surface area (Å²) in [6.07, 6.45) is 0. The van der Waals surface area contributed by atoms with Gasteiger partial charge in [-0.05, 0) is 26.2 Å². The highest BCUT2D eigenvalue weighted by Gasteiger charge is 2.00. The molecule has 1 aromatic rings. The van der Waals surface area contributed by atoms with Gasteiger partial charge in [-0.1, -0.05) is 0 Å². The van der Waals surface area contributed by atoms with Crippen LogP contribution in [0.4, 0.5) is 11.4 Å². The molecular formula is C13H23N3O2. The molecule has 0 amide bonds. The van der Waals surface area contributed by atoms with Crippen LogP contribution in [0, 0.1) is 0 Å². The molecule has 1 rings (SSSR count). The number of hydrogen-bond donors (Lipinski definition) is 2. The van der Waals surface area contributed by atoms with E-state index in [9.17, 15) is 0 Å². The SMILES string of the molecule is COc1ccc(NCCOCCN(C)C)c(N)c1. The van der Waals surface area contributed by atoms with Gasteiger partial charge in [0.15, 0.2) is 0 Å². The van der Waals surface area contributed by atoms with E-state index in [4.69, 9.17) is 15.2 Å². The fourth-order valence-corrected chi connectivity index (χ4v) is 1.44. The maximum absolute atomic E-state index is 5.89. The quantitative estimate of drug-likeness (QED) is 0.539. The van der Waals surface area contributed by atoms with E-state index < -0.39 is 0 Å². The van der Waals surface area contributed by atoms with Crippen LogP contribution in [0.3, 0.4) is 0 Å². The second kappa shape index (κ2) is 7.79. The minimum absolute atomic E-state index is 0.666. The van der Waals surface area contributed by atoms with Gasteiger partial charge in [0.05, 0.1) is 31.7 Å². The van der Waals surface area contributed by atoms with Gasteiger partial charge in [-0.3, -0.25) is 0 Å². The van der Waals surface area contributed by atoms with Gasteiger partial charge in [-0.2, -0.15) is 0 Å². The Balaban J connectivity index is 2.23. The normalized spacial score (nSPS) is 10.7. The zero-order valence-electron chi connectivity index (χ0n) is 11.4. The molecule has 5 heteroatoms. The van der Waals surface area contributed by atoms with E-state index in [1.807, 2.05) is 26.2 Å². The van der Waals surface area contributed by atoms with E-state index in [1.54, 1.807) is 13.2 Å². The second-order valence-corrected chi connectivity index (χ2v) is 4.30. The van der Waals surface area contributed by atoms with Crippen molar-refractivity contribution in [2.24, 2.45) is 0 Å². The Morgan fingerprint density at radius 3 is 2.67 bits per heavy atom. The van der Waals surface area contributed by atoms with Crippen LogP contribution in [-0.4, -0.2) is 52.4 Å². The van der Waals surface area contributed by atoms with Gasteiger partial charge in [-0.25, -0.2) is 0 Å². The molecule has 3 N–H and O–H groups in total. The Morgan fingerprint density at radius 1 is 1.28 bits per heavy atom. The smallest absolute Gasteiger partial charge is 0.121 e. The lowest BCUT2D eigenvalue weighted by atomic mass is 10.2.